The minimum absolute atomic E-state index is 0.0553. The van der Waals surface area contributed by atoms with Gasteiger partial charge in [-0.3, -0.25) is 4.79 Å². The quantitative estimate of drug-likeness (QED) is 0.784. The maximum atomic E-state index is 12.1. The Hall–Kier alpha value is -0.830. The molecule has 2 atom stereocenters. The fourth-order valence-corrected chi connectivity index (χ4v) is 2.81. The van der Waals surface area contributed by atoms with E-state index < -0.39 is 0 Å². The zero-order valence-corrected chi connectivity index (χ0v) is 11.9. The molecule has 0 radical (unpaired) electrons. The summed E-state index contributed by atoms with van der Waals surface area (Å²) in [4.78, 5) is 14.0. The van der Waals surface area contributed by atoms with Crippen molar-refractivity contribution in [3.8, 4) is 0 Å². The molecule has 1 aliphatic carbocycles. The number of nitrogens with zero attached hydrogens (tertiary/aromatic N) is 1. The number of hydrogen-bond donors (Lipinski definition) is 0. The summed E-state index contributed by atoms with van der Waals surface area (Å²) >= 11 is 3.44. The van der Waals surface area contributed by atoms with Gasteiger partial charge in [-0.15, -0.1) is 0 Å². The van der Waals surface area contributed by atoms with Crippen LogP contribution >= 0.6 is 15.9 Å². The Balaban J connectivity index is 2.17. The van der Waals surface area contributed by atoms with Gasteiger partial charge >= 0.3 is 0 Å². The molecule has 92 valence electrons. The number of benzene rings is 1. The van der Waals surface area contributed by atoms with Gasteiger partial charge in [-0.1, -0.05) is 47.1 Å². The molecule has 0 spiro atoms. The lowest BCUT2D eigenvalue weighted by Crippen LogP contribution is -2.35. The van der Waals surface area contributed by atoms with E-state index in [0.717, 1.165) is 19.3 Å². The number of fused-ring (bicyclic) bond motifs is 1. The van der Waals surface area contributed by atoms with Crippen molar-refractivity contribution in [2.24, 2.45) is 0 Å². The largest absolute Gasteiger partial charge is 0.338 e. The van der Waals surface area contributed by atoms with Crippen LogP contribution in [0.2, 0.25) is 0 Å². The van der Waals surface area contributed by atoms with Gasteiger partial charge in [-0.25, -0.2) is 0 Å². The number of aryl methyl sites for hydroxylation is 1. The van der Waals surface area contributed by atoms with Gasteiger partial charge in [0.05, 0.1) is 10.9 Å². The second kappa shape index (κ2) is 5.21. The zero-order valence-electron chi connectivity index (χ0n) is 10.3. The van der Waals surface area contributed by atoms with Gasteiger partial charge in [-0.05, 0) is 30.4 Å². The summed E-state index contributed by atoms with van der Waals surface area (Å²) in [5, 5.41) is 0. The van der Waals surface area contributed by atoms with Crippen LogP contribution in [0, 0.1) is 0 Å². The Bertz CT molecular complexity index is 418. The molecule has 1 aromatic carbocycles. The molecule has 0 fully saturated rings. The Kier molecular flexibility index (Phi) is 3.87. The molecular formula is C14H18BrNO. The van der Waals surface area contributed by atoms with E-state index in [9.17, 15) is 4.79 Å². The van der Waals surface area contributed by atoms with Crippen LogP contribution in [0.15, 0.2) is 24.3 Å². The van der Waals surface area contributed by atoms with Crippen LogP contribution in [-0.2, 0) is 11.2 Å². The van der Waals surface area contributed by atoms with Crippen LogP contribution in [0.1, 0.15) is 36.9 Å². The normalized spacial score (nSPS) is 19.8. The minimum atomic E-state index is -0.0553. The summed E-state index contributed by atoms with van der Waals surface area (Å²) in [7, 11) is 1.92. The van der Waals surface area contributed by atoms with E-state index >= 15 is 0 Å². The first kappa shape index (κ1) is 12.6. The molecule has 2 nitrogen and oxygen atoms in total. The topological polar surface area (TPSA) is 20.3 Å². The Labute approximate surface area is 111 Å². The van der Waals surface area contributed by atoms with Crippen molar-refractivity contribution in [2.45, 2.75) is 37.1 Å². The van der Waals surface area contributed by atoms with Gasteiger partial charge < -0.3 is 4.90 Å². The van der Waals surface area contributed by atoms with Crippen molar-refractivity contribution in [3.63, 3.8) is 0 Å². The molecule has 1 aliphatic rings. The minimum Gasteiger partial charge on any atom is -0.338 e. The van der Waals surface area contributed by atoms with Crippen molar-refractivity contribution in [1.29, 1.82) is 0 Å². The summed E-state index contributed by atoms with van der Waals surface area (Å²) in [5.74, 6) is 0.189. The van der Waals surface area contributed by atoms with Gasteiger partial charge in [0, 0.05) is 7.05 Å². The molecule has 3 heteroatoms. The van der Waals surface area contributed by atoms with Gasteiger partial charge in [0.2, 0.25) is 5.91 Å². The number of halogens is 1. The smallest absolute Gasteiger partial charge is 0.236 e. The van der Waals surface area contributed by atoms with E-state index in [4.69, 9.17) is 0 Å². The fraction of sp³-hybridized carbons (Fsp3) is 0.500. The highest BCUT2D eigenvalue weighted by atomic mass is 79.9. The number of amides is 1. The average Bonchev–Trinajstić information content (AvgIpc) is 2.79. The number of carbonyl (C=O) groups is 1. The highest BCUT2D eigenvalue weighted by Gasteiger charge is 2.30. The Morgan fingerprint density at radius 3 is 2.94 bits per heavy atom. The summed E-state index contributed by atoms with van der Waals surface area (Å²) < 4.78 is 0. The summed E-state index contributed by atoms with van der Waals surface area (Å²) in [6.07, 6.45) is 2.96. The second-order valence-corrected chi connectivity index (χ2v) is 5.68. The maximum Gasteiger partial charge on any atom is 0.236 e. The van der Waals surface area contributed by atoms with Crippen molar-refractivity contribution < 1.29 is 4.79 Å². The molecule has 0 aliphatic heterocycles. The van der Waals surface area contributed by atoms with Crippen LogP contribution in [0.3, 0.4) is 0 Å². The van der Waals surface area contributed by atoms with Crippen LogP contribution in [0.5, 0.6) is 0 Å². The lowest BCUT2D eigenvalue weighted by molar-refractivity contribution is -0.131. The second-order valence-electron chi connectivity index (χ2n) is 4.58. The zero-order chi connectivity index (χ0) is 12.4. The van der Waals surface area contributed by atoms with E-state index in [-0.39, 0.29) is 16.8 Å². The summed E-state index contributed by atoms with van der Waals surface area (Å²) in [5.41, 5.74) is 2.71. The molecule has 0 heterocycles. The molecule has 2 rings (SSSR count). The van der Waals surface area contributed by atoms with Gasteiger partial charge in [0.25, 0.3) is 0 Å². The first-order valence-corrected chi connectivity index (χ1v) is 7.05. The molecule has 0 bridgehead atoms. The molecular weight excluding hydrogens is 278 g/mol. The first-order chi connectivity index (χ1) is 8.15. The van der Waals surface area contributed by atoms with Crippen molar-refractivity contribution in [1.82, 2.24) is 4.90 Å². The highest BCUT2D eigenvalue weighted by Crippen LogP contribution is 2.35. The van der Waals surface area contributed by atoms with E-state index in [1.54, 1.807) is 0 Å². The number of hydrogen-bond acceptors (Lipinski definition) is 1. The molecule has 17 heavy (non-hydrogen) atoms. The third-order valence-corrected chi connectivity index (χ3v) is 4.58. The average molecular weight is 296 g/mol. The predicted molar refractivity (Wildman–Crippen MR) is 73.3 cm³/mol. The van der Waals surface area contributed by atoms with E-state index in [0.29, 0.717) is 0 Å². The fourth-order valence-electron chi connectivity index (χ4n) is 2.49. The van der Waals surface area contributed by atoms with E-state index in [1.807, 2.05) is 18.9 Å². The standard InChI is InChI=1S/C14H18BrNO/c1-3-12(15)14(17)16(2)13-9-8-10-6-4-5-7-11(10)13/h4-7,12-13H,3,8-9H2,1-2H3. The lowest BCUT2D eigenvalue weighted by Gasteiger charge is -2.27. The third kappa shape index (κ3) is 2.39. The summed E-state index contributed by atoms with van der Waals surface area (Å²) in [6, 6.07) is 8.69. The van der Waals surface area contributed by atoms with Crippen LogP contribution in [0.4, 0.5) is 0 Å². The van der Waals surface area contributed by atoms with Gasteiger partial charge in [-0.2, -0.15) is 0 Å². The highest BCUT2D eigenvalue weighted by molar-refractivity contribution is 9.10. The van der Waals surface area contributed by atoms with Crippen LogP contribution in [-0.4, -0.2) is 22.7 Å². The maximum absolute atomic E-state index is 12.1. The van der Waals surface area contributed by atoms with Crippen molar-refractivity contribution in [2.75, 3.05) is 7.05 Å². The van der Waals surface area contributed by atoms with E-state index in [2.05, 4.69) is 40.2 Å². The van der Waals surface area contributed by atoms with E-state index in [1.165, 1.54) is 11.1 Å². The van der Waals surface area contributed by atoms with Gasteiger partial charge in [0.15, 0.2) is 0 Å². The number of carbonyl (C=O) groups excluding carboxylic acids is 1. The molecule has 0 saturated heterocycles. The van der Waals surface area contributed by atoms with Crippen LogP contribution < -0.4 is 0 Å². The molecule has 0 aromatic heterocycles. The molecule has 0 N–H and O–H groups in total. The SMILES string of the molecule is CCC(Br)C(=O)N(C)C1CCc2ccccc21. The molecule has 2 unspecified atom stereocenters. The summed E-state index contributed by atoms with van der Waals surface area (Å²) in [6.45, 7) is 2.02. The predicted octanol–water partition coefficient (Wildman–Crippen LogP) is 3.31. The lowest BCUT2D eigenvalue weighted by atomic mass is 10.1. The number of rotatable bonds is 3. The Morgan fingerprint density at radius 2 is 2.24 bits per heavy atom. The van der Waals surface area contributed by atoms with Crippen molar-refractivity contribution >= 4 is 21.8 Å². The molecule has 0 saturated carbocycles. The molecule has 1 amide bonds. The van der Waals surface area contributed by atoms with Crippen molar-refractivity contribution in [3.05, 3.63) is 35.4 Å². The monoisotopic (exact) mass is 295 g/mol. The first-order valence-electron chi connectivity index (χ1n) is 6.13. The molecule has 1 aromatic rings. The third-order valence-electron chi connectivity index (χ3n) is 3.54. The van der Waals surface area contributed by atoms with Gasteiger partial charge in [0.1, 0.15) is 0 Å². The van der Waals surface area contributed by atoms with Crippen LogP contribution in [0.25, 0.3) is 0 Å². The Morgan fingerprint density at radius 1 is 1.53 bits per heavy atom. The number of alkyl halides is 1.